The minimum absolute atomic E-state index is 0. The zero-order valence-corrected chi connectivity index (χ0v) is 22.6. The molecule has 0 aliphatic carbocycles. The van der Waals surface area contributed by atoms with Crippen molar-refractivity contribution in [1.29, 1.82) is 0 Å². The van der Waals surface area contributed by atoms with Crippen LogP contribution in [0.5, 0.6) is 0 Å². The number of pyridine rings is 1. The van der Waals surface area contributed by atoms with Crippen LogP contribution in [0.1, 0.15) is 32.6 Å². The zero-order chi connectivity index (χ0) is 26.8. The lowest BCUT2D eigenvalue weighted by Crippen LogP contribution is -2.55. The zero-order valence-electron chi connectivity index (χ0n) is 20.2. The van der Waals surface area contributed by atoms with Crippen molar-refractivity contribution < 1.29 is 31.1 Å². The first kappa shape index (κ1) is 32.7. The van der Waals surface area contributed by atoms with Gasteiger partial charge in [0.15, 0.2) is 0 Å². The van der Waals surface area contributed by atoms with Crippen LogP contribution in [0, 0.1) is 0 Å². The van der Waals surface area contributed by atoms with E-state index in [1.807, 2.05) is 6.07 Å². The highest BCUT2D eigenvalue weighted by molar-refractivity contribution is 6.30. The molecule has 2 heterocycles. The third-order valence-corrected chi connectivity index (χ3v) is 6.43. The number of carbonyl (C=O) groups is 1. The summed E-state index contributed by atoms with van der Waals surface area (Å²) in [7, 11) is 0. The first-order chi connectivity index (χ1) is 17.4. The smallest absolute Gasteiger partial charge is 0.333 e. The van der Waals surface area contributed by atoms with E-state index in [9.17, 15) is 31.1 Å². The number of alkyl halides is 6. The Morgan fingerprint density at radius 2 is 1.51 bits per heavy atom. The molecule has 0 spiro atoms. The Bertz CT molecular complexity index is 1210. The minimum Gasteiger partial charge on any atom is -0.333 e. The number of rotatable bonds is 5. The maximum Gasteiger partial charge on any atom is 0.416 e. The average molecular weight is 615 g/mol. The second-order valence-electron chi connectivity index (χ2n) is 8.87. The van der Waals surface area contributed by atoms with Crippen LogP contribution in [0.4, 0.5) is 26.3 Å². The summed E-state index contributed by atoms with van der Waals surface area (Å²) in [5, 5.41) is 0.516. The molecule has 1 aliphatic heterocycles. The van der Waals surface area contributed by atoms with E-state index in [2.05, 4.69) is 9.88 Å². The highest BCUT2D eigenvalue weighted by Gasteiger charge is 2.39. The van der Waals surface area contributed by atoms with E-state index in [4.69, 9.17) is 11.6 Å². The van der Waals surface area contributed by atoms with Crippen molar-refractivity contribution in [2.24, 2.45) is 0 Å². The molecule has 13 heteroatoms. The average Bonchev–Trinajstić information content (AvgIpc) is 2.84. The molecular weight excluding hydrogens is 591 g/mol. The van der Waals surface area contributed by atoms with E-state index in [1.165, 1.54) is 4.90 Å². The minimum atomic E-state index is -5.04. The molecule has 212 valence electrons. The van der Waals surface area contributed by atoms with Gasteiger partial charge in [-0.2, -0.15) is 26.3 Å². The molecule has 0 N–H and O–H groups in total. The van der Waals surface area contributed by atoms with Crippen LogP contribution in [0.3, 0.4) is 0 Å². The van der Waals surface area contributed by atoms with E-state index in [1.54, 1.807) is 42.7 Å². The number of carbonyl (C=O) groups excluding carboxylic acids is 1. The third-order valence-electron chi connectivity index (χ3n) is 6.18. The first-order valence-corrected chi connectivity index (χ1v) is 11.7. The third kappa shape index (κ3) is 8.48. The van der Waals surface area contributed by atoms with Gasteiger partial charge in [0.2, 0.25) is 0 Å². The number of nitrogens with zero attached hydrogens (tertiary/aromatic N) is 3. The van der Waals surface area contributed by atoms with Gasteiger partial charge in [-0.25, -0.2) is 0 Å². The maximum atomic E-state index is 13.4. The molecular formula is C26H24Cl3F6N3O. The van der Waals surface area contributed by atoms with Gasteiger partial charge in [0.05, 0.1) is 11.1 Å². The van der Waals surface area contributed by atoms with Crippen molar-refractivity contribution in [3.8, 4) is 0 Å². The number of hydrogen-bond donors (Lipinski definition) is 0. The van der Waals surface area contributed by atoms with E-state index in [0.717, 1.165) is 11.1 Å². The van der Waals surface area contributed by atoms with Gasteiger partial charge in [-0.1, -0.05) is 29.8 Å². The van der Waals surface area contributed by atoms with Crippen molar-refractivity contribution in [1.82, 2.24) is 14.8 Å². The number of piperazine rings is 1. The molecule has 2 aromatic carbocycles. The summed E-state index contributed by atoms with van der Waals surface area (Å²) in [6.45, 7) is 1.43. The van der Waals surface area contributed by atoms with Gasteiger partial charge >= 0.3 is 12.4 Å². The quantitative estimate of drug-likeness (QED) is 0.286. The molecule has 1 aromatic heterocycles. The SMILES string of the molecule is Cl.Cl.O=C(c1cc(C(F)(F)F)cc(C(F)(F)F)c1)N1CCN(Cc2cccnc2)CC1Cc1ccc(Cl)cc1. The van der Waals surface area contributed by atoms with Gasteiger partial charge in [-0.05, 0) is 53.9 Å². The number of amides is 1. The van der Waals surface area contributed by atoms with Gasteiger partial charge < -0.3 is 4.90 Å². The predicted molar refractivity (Wildman–Crippen MR) is 140 cm³/mol. The van der Waals surface area contributed by atoms with E-state index >= 15 is 0 Å². The maximum absolute atomic E-state index is 13.4. The molecule has 4 rings (SSSR count). The topological polar surface area (TPSA) is 36.4 Å². The molecule has 1 aliphatic rings. The fraction of sp³-hybridized carbons (Fsp3) is 0.308. The molecule has 4 nitrogen and oxygen atoms in total. The standard InChI is InChI=1S/C26H22ClF6N3O.2ClH/c27-22-5-3-17(4-6-22)10-23-16-35(15-18-2-1-7-34-14-18)8-9-36(23)24(37)19-11-20(25(28,29)30)13-21(12-19)26(31,32)33;;/h1-7,11-14,23H,8-10,15-16H2;2*1H. The second kappa shape index (κ2) is 13.2. The van der Waals surface area contributed by atoms with E-state index in [0.29, 0.717) is 43.2 Å². The highest BCUT2D eigenvalue weighted by atomic mass is 35.5. The van der Waals surface area contributed by atoms with Crippen LogP contribution < -0.4 is 0 Å². The van der Waals surface area contributed by atoms with E-state index < -0.39 is 41.0 Å². The van der Waals surface area contributed by atoms with Crippen LogP contribution in [0.2, 0.25) is 5.02 Å². The second-order valence-corrected chi connectivity index (χ2v) is 9.31. The summed E-state index contributed by atoms with van der Waals surface area (Å²) in [6.07, 6.45) is -6.37. The summed E-state index contributed by atoms with van der Waals surface area (Å²) >= 11 is 5.97. The molecule has 0 radical (unpaired) electrons. The van der Waals surface area contributed by atoms with Gasteiger partial charge in [-0.3, -0.25) is 14.7 Å². The molecule has 39 heavy (non-hydrogen) atoms. The summed E-state index contributed by atoms with van der Waals surface area (Å²) in [6, 6.07) is 11.1. The Labute approximate surface area is 238 Å². The largest absolute Gasteiger partial charge is 0.416 e. The number of hydrogen-bond acceptors (Lipinski definition) is 3. The Morgan fingerprint density at radius 3 is 2.05 bits per heavy atom. The van der Waals surface area contributed by atoms with Gasteiger partial charge in [0.25, 0.3) is 5.91 Å². The van der Waals surface area contributed by atoms with Crippen molar-refractivity contribution in [2.75, 3.05) is 19.6 Å². The fourth-order valence-electron chi connectivity index (χ4n) is 4.39. The number of benzene rings is 2. The molecule has 1 amide bonds. The summed E-state index contributed by atoms with van der Waals surface area (Å²) in [5.41, 5.74) is -1.91. The molecule has 0 saturated carbocycles. The highest BCUT2D eigenvalue weighted by Crippen LogP contribution is 2.37. The molecule has 1 atom stereocenters. The van der Waals surface area contributed by atoms with Crippen LogP contribution in [0.25, 0.3) is 0 Å². The molecule has 0 bridgehead atoms. The predicted octanol–water partition coefficient (Wildman–Crippen LogP) is 7.19. The number of aromatic nitrogens is 1. The molecule has 1 saturated heterocycles. The normalized spacial score (nSPS) is 16.3. The van der Waals surface area contributed by atoms with Crippen LogP contribution in [0.15, 0.2) is 67.0 Å². The molecule has 1 unspecified atom stereocenters. The van der Waals surface area contributed by atoms with Crippen LogP contribution in [-0.4, -0.2) is 46.4 Å². The van der Waals surface area contributed by atoms with Crippen molar-refractivity contribution >= 4 is 42.3 Å². The molecule has 1 fully saturated rings. The lowest BCUT2D eigenvalue weighted by Gasteiger charge is -2.42. The summed E-state index contributed by atoms with van der Waals surface area (Å²) in [4.78, 5) is 21.0. The van der Waals surface area contributed by atoms with Gasteiger partial charge in [0.1, 0.15) is 0 Å². The lowest BCUT2D eigenvalue weighted by molar-refractivity contribution is -0.143. The van der Waals surface area contributed by atoms with Crippen LogP contribution in [-0.2, 0) is 25.3 Å². The van der Waals surface area contributed by atoms with Crippen molar-refractivity contribution in [3.63, 3.8) is 0 Å². The Morgan fingerprint density at radius 1 is 0.897 bits per heavy atom. The number of halogens is 9. The van der Waals surface area contributed by atoms with Gasteiger partial charge in [-0.15, -0.1) is 24.8 Å². The first-order valence-electron chi connectivity index (χ1n) is 11.4. The summed E-state index contributed by atoms with van der Waals surface area (Å²) < 4.78 is 80.3. The Balaban J connectivity index is 0.00000267. The van der Waals surface area contributed by atoms with Crippen molar-refractivity contribution in [2.45, 2.75) is 31.4 Å². The molecule has 3 aromatic rings. The van der Waals surface area contributed by atoms with Crippen molar-refractivity contribution in [3.05, 3.63) is 99.8 Å². The lowest BCUT2D eigenvalue weighted by atomic mass is 9.99. The van der Waals surface area contributed by atoms with E-state index in [-0.39, 0.29) is 37.4 Å². The fourth-order valence-corrected chi connectivity index (χ4v) is 4.52. The Kier molecular flexibility index (Phi) is 11.1. The Hall–Kier alpha value is -2.53. The summed E-state index contributed by atoms with van der Waals surface area (Å²) in [5.74, 6) is -0.878. The van der Waals surface area contributed by atoms with Gasteiger partial charge in [0, 0.05) is 55.2 Å². The monoisotopic (exact) mass is 613 g/mol. The van der Waals surface area contributed by atoms with Crippen LogP contribution >= 0.6 is 36.4 Å².